The van der Waals surface area contributed by atoms with Gasteiger partial charge in [0.25, 0.3) is 0 Å². The van der Waals surface area contributed by atoms with E-state index in [1.54, 1.807) is 0 Å². The van der Waals surface area contributed by atoms with Gasteiger partial charge in [-0.15, -0.1) is 11.3 Å². The van der Waals surface area contributed by atoms with E-state index in [1.807, 2.05) is 13.8 Å². The van der Waals surface area contributed by atoms with Crippen molar-refractivity contribution in [1.82, 2.24) is 4.98 Å². The summed E-state index contributed by atoms with van der Waals surface area (Å²) in [4.78, 5) is 17.4. The van der Waals surface area contributed by atoms with Crippen LogP contribution < -0.4 is 11.1 Å². The van der Waals surface area contributed by atoms with Crippen molar-refractivity contribution in [3.63, 3.8) is 0 Å². The van der Waals surface area contributed by atoms with E-state index in [4.69, 9.17) is 5.73 Å². The molecule has 1 atom stereocenters. The van der Waals surface area contributed by atoms with Gasteiger partial charge in [-0.3, -0.25) is 4.79 Å². The number of nitrogens with one attached hydrogen (secondary N) is 1. The highest BCUT2D eigenvalue weighted by Gasteiger charge is 2.14. The van der Waals surface area contributed by atoms with E-state index in [9.17, 15) is 4.79 Å². The number of hydrogen-bond donors (Lipinski definition) is 2. The quantitative estimate of drug-likeness (QED) is 0.892. The van der Waals surface area contributed by atoms with Crippen LogP contribution in [0.2, 0.25) is 0 Å². The predicted molar refractivity (Wildman–Crippen MR) is 87.7 cm³/mol. The molecule has 0 bridgehead atoms. The van der Waals surface area contributed by atoms with Crippen molar-refractivity contribution < 1.29 is 4.79 Å². The fourth-order valence-corrected chi connectivity index (χ4v) is 2.87. The third-order valence-corrected chi connectivity index (χ3v) is 4.48. The molecule has 1 amide bonds. The van der Waals surface area contributed by atoms with Gasteiger partial charge in [-0.05, 0) is 19.4 Å². The number of carbonyl (C=O) groups excluding carboxylic acids is 1. The summed E-state index contributed by atoms with van der Waals surface area (Å²) >= 11 is 1.53. The van der Waals surface area contributed by atoms with Crippen LogP contribution in [0.4, 0.5) is 5.13 Å². The second-order valence-electron chi connectivity index (χ2n) is 5.32. The first kappa shape index (κ1) is 15.7. The smallest absolute Gasteiger partial charge is 0.230 e. The SMILES string of the molecule is Cc1ccc(Cc2sc(NC(=O)C(C)CN)nc2C)cc1. The number of rotatable bonds is 5. The van der Waals surface area contributed by atoms with Crippen LogP contribution in [0, 0.1) is 19.8 Å². The highest BCUT2D eigenvalue weighted by atomic mass is 32.1. The minimum Gasteiger partial charge on any atom is -0.330 e. The second-order valence-corrected chi connectivity index (χ2v) is 6.40. The summed E-state index contributed by atoms with van der Waals surface area (Å²) in [5.74, 6) is -0.275. The van der Waals surface area contributed by atoms with E-state index in [-0.39, 0.29) is 11.8 Å². The molecule has 0 aliphatic carbocycles. The Morgan fingerprint density at radius 2 is 2.00 bits per heavy atom. The Balaban J connectivity index is 2.08. The molecule has 5 heteroatoms. The topological polar surface area (TPSA) is 68.0 Å². The molecule has 112 valence electrons. The number of nitrogens with zero attached hydrogens (tertiary/aromatic N) is 1. The van der Waals surface area contributed by atoms with Crippen LogP contribution in [-0.2, 0) is 11.2 Å². The third kappa shape index (κ3) is 4.12. The van der Waals surface area contributed by atoms with Gasteiger partial charge in [-0.2, -0.15) is 0 Å². The third-order valence-electron chi connectivity index (χ3n) is 3.41. The van der Waals surface area contributed by atoms with Gasteiger partial charge in [0.1, 0.15) is 0 Å². The number of benzene rings is 1. The van der Waals surface area contributed by atoms with E-state index in [2.05, 4.69) is 41.5 Å². The molecule has 0 fully saturated rings. The first-order valence-corrected chi connectivity index (χ1v) is 7.84. The Morgan fingerprint density at radius 1 is 1.33 bits per heavy atom. The molecule has 0 spiro atoms. The molecule has 2 rings (SSSR count). The maximum Gasteiger partial charge on any atom is 0.230 e. The molecule has 4 nitrogen and oxygen atoms in total. The lowest BCUT2D eigenvalue weighted by Gasteiger charge is -2.06. The zero-order valence-electron chi connectivity index (χ0n) is 12.6. The molecule has 1 aromatic heterocycles. The van der Waals surface area contributed by atoms with Crippen LogP contribution >= 0.6 is 11.3 Å². The van der Waals surface area contributed by atoms with Gasteiger partial charge in [-0.1, -0.05) is 36.8 Å². The molecule has 1 aromatic carbocycles. The molecular weight excluding hydrogens is 282 g/mol. The van der Waals surface area contributed by atoms with Crippen LogP contribution in [0.25, 0.3) is 0 Å². The average molecular weight is 303 g/mol. The van der Waals surface area contributed by atoms with Crippen molar-refractivity contribution >= 4 is 22.4 Å². The molecule has 0 aliphatic heterocycles. The Labute approximate surface area is 129 Å². The van der Waals surface area contributed by atoms with Gasteiger partial charge in [0.15, 0.2) is 5.13 Å². The van der Waals surface area contributed by atoms with Crippen LogP contribution in [0.15, 0.2) is 24.3 Å². The van der Waals surface area contributed by atoms with E-state index in [0.29, 0.717) is 11.7 Å². The number of thiazole rings is 1. The zero-order chi connectivity index (χ0) is 15.4. The summed E-state index contributed by atoms with van der Waals surface area (Å²) in [6, 6.07) is 8.47. The van der Waals surface area contributed by atoms with Crippen molar-refractivity contribution in [2.45, 2.75) is 27.2 Å². The monoisotopic (exact) mass is 303 g/mol. The van der Waals surface area contributed by atoms with Crippen molar-refractivity contribution in [1.29, 1.82) is 0 Å². The number of amides is 1. The van der Waals surface area contributed by atoms with Crippen molar-refractivity contribution in [2.75, 3.05) is 11.9 Å². The van der Waals surface area contributed by atoms with Gasteiger partial charge >= 0.3 is 0 Å². The fourth-order valence-electron chi connectivity index (χ4n) is 1.87. The first-order chi connectivity index (χ1) is 9.99. The van der Waals surface area contributed by atoms with Crippen molar-refractivity contribution in [3.8, 4) is 0 Å². The maximum atomic E-state index is 11.8. The molecule has 0 saturated heterocycles. The number of aromatic nitrogens is 1. The van der Waals surface area contributed by atoms with Crippen molar-refractivity contribution in [2.24, 2.45) is 11.7 Å². The van der Waals surface area contributed by atoms with E-state index < -0.39 is 0 Å². The standard InChI is InChI=1S/C16H21N3OS/c1-10-4-6-13(7-5-10)8-14-12(3)18-16(21-14)19-15(20)11(2)9-17/h4-7,11H,8-9,17H2,1-3H3,(H,18,19,20). The minimum absolute atomic E-state index is 0.0758. The fraction of sp³-hybridized carbons (Fsp3) is 0.375. The average Bonchev–Trinajstić information content (AvgIpc) is 2.80. The van der Waals surface area contributed by atoms with Crippen LogP contribution in [-0.4, -0.2) is 17.4 Å². The number of nitrogens with two attached hydrogens (primary N) is 1. The number of carbonyl (C=O) groups is 1. The molecule has 0 radical (unpaired) electrons. The lowest BCUT2D eigenvalue weighted by molar-refractivity contribution is -0.119. The van der Waals surface area contributed by atoms with Crippen molar-refractivity contribution in [3.05, 3.63) is 46.0 Å². The van der Waals surface area contributed by atoms with Gasteiger partial charge in [0.2, 0.25) is 5.91 Å². The lowest BCUT2D eigenvalue weighted by Crippen LogP contribution is -2.26. The van der Waals surface area contributed by atoms with Crippen LogP contribution in [0.3, 0.4) is 0 Å². The molecule has 1 heterocycles. The molecule has 2 aromatic rings. The zero-order valence-corrected chi connectivity index (χ0v) is 13.5. The highest BCUT2D eigenvalue weighted by Crippen LogP contribution is 2.25. The molecule has 1 unspecified atom stereocenters. The lowest BCUT2D eigenvalue weighted by atomic mass is 10.1. The molecule has 0 aliphatic rings. The summed E-state index contributed by atoms with van der Waals surface area (Å²) in [6.07, 6.45) is 0.839. The largest absolute Gasteiger partial charge is 0.330 e. The number of hydrogen-bond acceptors (Lipinski definition) is 4. The summed E-state index contributed by atoms with van der Waals surface area (Å²) in [6.45, 7) is 6.20. The minimum atomic E-state index is -0.199. The first-order valence-electron chi connectivity index (χ1n) is 7.02. The summed E-state index contributed by atoms with van der Waals surface area (Å²) in [5, 5.41) is 3.49. The van der Waals surface area contributed by atoms with Gasteiger partial charge in [0.05, 0.1) is 5.69 Å². The normalized spacial score (nSPS) is 12.2. The Hall–Kier alpha value is -1.72. The molecule has 3 N–H and O–H groups in total. The highest BCUT2D eigenvalue weighted by molar-refractivity contribution is 7.15. The molecule has 21 heavy (non-hydrogen) atoms. The van der Waals surface area contributed by atoms with E-state index in [1.165, 1.54) is 27.3 Å². The van der Waals surface area contributed by atoms with Crippen LogP contribution in [0.5, 0.6) is 0 Å². The Kier molecular flexibility index (Phi) is 5.09. The number of aryl methyl sites for hydroxylation is 2. The molecule has 0 saturated carbocycles. The summed E-state index contributed by atoms with van der Waals surface area (Å²) in [7, 11) is 0. The van der Waals surface area contributed by atoms with E-state index in [0.717, 1.165) is 12.1 Å². The van der Waals surface area contributed by atoms with Crippen LogP contribution in [0.1, 0.15) is 28.6 Å². The molecular formula is C16H21N3OS. The van der Waals surface area contributed by atoms with Gasteiger partial charge < -0.3 is 11.1 Å². The summed E-state index contributed by atoms with van der Waals surface area (Å²) in [5.41, 5.74) is 8.97. The van der Waals surface area contributed by atoms with E-state index >= 15 is 0 Å². The predicted octanol–water partition coefficient (Wildman–Crippen LogP) is 2.88. The number of anilines is 1. The van der Waals surface area contributed by atoms with Gasteiger partial charge in [0, 0.05) is 23.8 Å². The van der Waals surface area contributed by atoms with Gasteiger partial charge in [-0.25, -0.2) is 4.98 Å². The summed E-state index contributed by atoms with van der Waals surface area (Å²) < 4.78 is 0. The Bertz CT molecular complexity index is 619. The maximum absolute atomic E-state index is 11.8. The second kappa shape index (κ2) is 6.83. The Morgan fingerprint density at radius 3 is 2.62 bits per heavy atom.